The standard InChI is InChI=1S/C31H30O2S/c1-30(2,24-11-7-5-8-12-24)26-17-15-22-19-23-16-18-27(21-29(23)34(32,33)28(22)20-26)31(3,4)25-13-9-6-10-14-25/h5-18,20-21H,19H2,1-4H3. The molecule has 172 valence electrons. The number of fused-ring (bicyclic) bond motifs is 2. The van der Waals surface area contributed by atoms with Crippen LogP contribution in [0.5, 0.6) is 0 Å². The van der Waals surface area contributed by atoms with E-state index in [0.717, 1.165) is 33.4 Å². The van der Waals surface area contributed by atoms with Crippen LogP contribution in [0.2, 0.25) is 0 Å². The fourth-order valence-electron chi connectivity index (χ4n) is 5.05. The van der Waals surface area contributed by atoms with Gasteiger partial charge in [0.2, 0.25) is 9.84 Å². The van der Waals surface area contributed by atoms with E-state index in [4.69, 9.17) is 0 Å². The highest BCUT2D eigenvalue weighted by Gasteiger charge is 2.34. The second-order valence-corrected chi connectivity index (χ2v) is 12.2. The summed E-state index contributed by atoms with van der Waals surface area (Å²) < 4.78 is 27.9. The molecule has 0 fully saturated rings. The number of hydrogen-bond donors (Lipinski definition) is 0. The lowest BCUT2D eigenvalue weighted by molar-refractivity contribution is 0.587. The predicted octanol–water partition coefficient (Wildman–Crippen LogP) is 7.08. The predicted molar refractivity (Wildman–Crippen MR) is 138 cm³/mol. The molecule has 0 saturated heterocycles. The van der Waals surface area contributed by atoms with Crippen molar-refractivity contribution >= 4 is 9.84 Å². The molecule has 0 spiro atoms. The molecule has 0 saturated carbocycles. The van der Waals surface area contributed by atoms with Gasteiger partial charge in [0.25, 0.3) is 0 Å². The van der Waals surface area contributed by atoms with Gasteiger partial charge in [-0.25, -0.2) is 8.42 Å². The zero-order valence-corrected chi connectivity index (χ0v) is 21.0. The van der Waals surface area contributed by atoms with Crippen molar-refractivity contribution in [3.05, 3.63) is 130 Å². The van der Waals surface area contributed by atoms with Crippen LogP contribution < -0.4 is 0 Å². The molecular weight excluding hydrogens is 436 g/mol. The molecule has 34 heavy (non-hydrogen) atoms. The van der Waals surface area contributed by atoms with Gasteiger partial charge in [-0.15, -0.1) is 0 Å². The average Bonchev–Trinajstić information content (AvgIpc) is 2.85. The van der Waals surface area contributed by atoms with E-state index in [0.29, 0.717) is 16.2 Å². The van der Waals surface area contributed by atoms with Crippen LogP contribution in [0, 0.1) is 0 Å². The fraction of sp³-hybridized carbons (Fsp3) is 0.226. The number of rotatable bonds is 4. The molecule has 0 aliphatic carbocycles. The minimum atomic E-state index is -3.63. The molecule has 3 heteroatoms. The Balaban J connectivity index is 1.61. The van der Waals surface area contributed by atoms with E-state index in [-0.39, 0.29) is 10.8 Å². The lowest BCUT2D eigenvalue weighted by Gasteiger charge is -2.30. The summed E-state index contributed by atoms with van der Waals surface area (Å²) >= 11 is 0. The first-order valence-electron chi connectivity index (χ1n) is 11.7. The van der Waals surface area contributed by atoms with Crippen molar-refractivity contribution in [1.29, 1.82) is 0 Å². The van der Waals surface area contributed by atoms with Crippen LogP contribution in [-0.4, -0.2) is 8.42 Å². The maximum Gasteiger partial charge on any atom is 0.207 e. The highest BCUT2D eigenvalue weighted by Crippen LogP contribution is 2.41. The summed E-state index contributed by atoms with van der Waals surface area (Å²) in [6, 6.07) is 32.5. The Morgan fingerprint density at radius 1 is 0.529 bits per heavy atom. The monoisotopic (exact) mass is 466 g/mol. The largest absolute Gasteiger partial charge is 0.218 e. The van der Waals surface area contributed by atoms with Crippen molar-refractivity contribution in [2.45, 2.75) is 54.7 Å². The summed E-state index contributed by atoms with van der Waals surface area (Å²) in [5.41, 5.74) is 5.47. The normalized spacial score (nSPS) is 14.8. The van der Waals surface area contributed by atoms with Crippen molar-refractivity contribution in [1.82, 2.24) is 0 Å². The lowest BCUT2D eigenvalue weighted by atomic mass is 9.77. The van der Waals surface area contributed by atoms with Crippen LogP contribution in [0.4, 0.5) is 0 Å². The topological polar surface area (TPSA) is 34.1 Å². The van der Waals surface area contributed by atoms with Gasteiger partial charge in [-0.05, 0) is 45.5 Å². The fourth-order valence-corrected chi connectivity index (χ4v) is 6.82. The van der Waals surface area contributed by atoms with Crippen LogP contribution in [0.1, 0.15) is 61.1 Å². The number of sulfone groups is 1. The molecule has 2 nitrogen and oxygen atoms in total. The van der Waals surface area contributed by atoms with E-state index in [1.165, 1.54) is 0 Å². The van der Waals surface area contributed by atoms with Crippen molar-refractivity contribution in [3.8, 4) is 0 Å². The molecule has 0 radical (unpaired) electrons. The quantitative estimate of drug-likeness (QED) is 0.284. The zero-order chi connectivity index (χ0) is 24.1. The Morgan fingerprint density at radius 2 is 0.912 bits per heavy atom. The van der Waals surface area contributed by atoms with E-state index < -0.39 is 9.84 Å². The number of hydrogen-bond acceptors (Lipinski definition) is 2. The first kappa shape index (κ1) is 22.6. The molecule has 1 heterocycles. The van der Waals surface area contributed by atoms with E-state index in [1.807, 2.05) is 60.7 Å². The molecule has 0 atom stereocenters. The first-order valence-corrected chi connectivity index (χ1v) is 13.2. The third-order valence-electron chi connectivity index (χ3n) is 7.53. The van der Waals surface area contributed by atoms with E-state index in [2.05, 4.69) is 64.1 Å². The summed E-state index contributed by atoms with van der Waals surface area (Å²) in [5.74, 6) is 0. The van der Waals surface area contributed by atoms with Crippen molar-refractivity contribution in [2.24, 2.45) is 0 Å². The molecule has 1 aliphatic heterocycles. The molecule has 5 rings (SSSR count). The SMILES string of the molecule is CC(C)(c1ccccc1)c1ccc2c(c1)S(=O)(=O)c1cc(C(C)(C)c3ccccc3)ccc1C2. The van der Waals surface area contributed by atoms with Crippen LogP contribution in [-0.2, 0) is 27.1 Å². The van der Waals surface area contributed by atoms with Crippen LogP contribution in [0.3, 0.4) is 0 Å². The third kappa shape index (κ3) is 3.59. The zero-order valence-electron chi connectivity index (χ0n) is 20.2. The molecule has 0 N–H and O–H groups in total. The van der Waals surface area contributed by atoms with Crippen molar-refractivity contribution in [2.75, 3.05) is 0 Å². The Hall–Kier alpha value is -3.17. The highest BCUT2D eigenvalue weighted by atomic mass is 32.2. The minimum absolute atomic E-state index is 0.302. The van der Waals surface area contributed by atoms with Crippen LogP contribution >= 0.6 is 0 Å². The molecular formula is C31H30O2S. The maximum atomic E-state index is 13.9. The Labute approximate surface area is 203 Å². The van der Waals surface area contributed by atoms with Gasteiger partial charge in [-0.1, -0.05) is 113 Å². The second kappa shape index (κ2) is 7.95. The Kier molecular flexibility index (Phi) is 5.29. The summed E-state index contributed by atoms with van der Waals surface area (Å²) in [5, 5.41) is 0. The maximum absolute atomic E-state index is 13.9. The highest BCUT2D eigenvalue weighted by molar-refractivity contribution is 7.91. The van der Waals surface area contributed by atoms with E-state index in [1.54, 1.807) is 0 Å². The van der Waals surface area contributed by atoms with Gasteiger partial charge < -0.3 is 0 Å². The van der Waals surface area contributed by atoms with E-state index >= 15 is 0 Å². The van der Waals surface area contributed by atoms with Gasteiger partial charge in [0, 0.05) is 17.3 Å². The van der Waals surface area contributed by atoms with Crippen LogP contribution in [0.25, 0.3) is 0 Å². The summed E-state index contributed by atoms with van der Waals surface area (Å²) in [6.07, 6.45) is 0.627. The van der Waals surface area contributed by atoms with Gasteiger partial charge in [0.15, 0.2) is 0 Å². The van der Waals surface area contributed by atoms with Crippen molar-refractivity contribution < 1.29 is 8.42 Å². The summed E-state index contributed by atoms with van der Waals surface area (Å²) in [6.45, 7) is 8.59. The van der Waals surface area contributed by atoms with Gasteiger partial charge >= 0.3 is 0 Å². The molecule has 0 bridgehead atoms. The molecule has 0 aromatic heterocycles. The smallest absolute Gasteiger partial charge is 0.207 e. The molecule has 0 unspecified atom stereocenters. The number of benzene rings is 4. The molecule has 4 aromatic rings. The summed E-state index contributed by atoms with van der Waals surface area (Å²) in [7, 11) is -3.63. The van der Waals surface area contributed by atoms with Crippen LogP contribution in [0.15, 0.2) is 107 Å². The van der Waals surface area contributed by atoms with Gasteiger partial charge in [0.1, 0.15) is 0 Å². The third-order valence-corrected chi connectivity index (χ3v) is 9.45. The van der Waals surface area contributed by atoms with Gasteiger partial charge in [-0.3, -0.25) is 0 Å². The summed E-state index contributed by atoms with van der Waals surface area (Å²) in [4.78, 5) is 0.882. The molecule has 0 amide bonds. The average molecular weight is 467 g/mol. The Bertz CT molecular complexity index is 1360. The van der Waals surface area contributed by atoms with Gasteiger partial charge in [0.05, 0.1) is 9.79 Å². The minimum Gasteiger partial charge on any atom is -0.218 e. The second-order valence-electron chi connectivity index (χ2n) is 10.3. The lowest BCUT2D eigenvalue weighted by Crippen LogP contribution is -2.23. The first-order chi connectivity index (χ1) is 16.1. The van der Waals surface area contributed by atoms with E-state index in [9.17, 15) is 8.42 Å². The molecule has 4 aromatic carbocycles. The van der Waals surface area contributed by atoms with Gasteiger partial charge in [-0.2, -0.15) is 0 Å². The molecule has 1 aliphatic rings. The van der Waals surface area contributed by atoms with Crippen molar-refractivity contribution in [3.63, 3.8) is 0 Å². The Morgan fingerprint density at radius 3 is 1.29 bits per heavy atom.